The van der Waals surface area contributed by atoms with Gasteiger partial charge < -0.3 is 10.1 Å². The Morgan fingerprint density at radius 3 is 2.92 bits per heavy atom. The summed E-state index contributed by atoms with van der Waals surface area (Å²) in [6, 6.07) is 14.6. The van der Waals surface area contributed by atoms with Crippen LogP contribution in [0.1, 0.15) is 42.9 Å². The van der Waals surface area contributed by atoms with Gasteiger partial charge in [-0.3, -0.25) is 4.79 Å². The van der Waals surface area contributed by atoms with E-state index in [1.165, 1.54) is 23.1 Å². The molecular formula is C21H21NO2. The van der Waals surface area contributed by atoms with Gasteiger partial charge in [0.05, 0.1) is 12.1 Å². The van der Waals surface area contributed by atoms with Gasteiger partial charge in [-0.05, 0) is 55.0 Å². The van der Waals surface area contributed by atoms with Gasteiger partial charge in [0.2, 0.25) is 5.91 Å². The van der Waals surface area contributed by atoms with E-state index in [4.69, 9.17) is 4.74 Å². The van der Waals surface area contributed by atoms with Crippen LogP contribution in [0, 0.1) is 0 Å². The quantitative estimate of drug-likeness (QED) is 0.829. The number of nitrogens with one attached hydrogen (secondary N) is 1. The van der Waals surface area contributed by atoms with Gasteiger partial charge in [-0.2, -0.15) is 0 Å². The summed E-state index contributed by atoms with van der Waals surface area (Å²) in [6.45, 7) is 1.94. The number of carbonyl (C=O) groups is 1. The molecule has 24 heavy (non-hydrogen) atoms. The predicted molar refractivity (Wildman–Crippen MR) is 97.0 cm³/mol. The average Bonchev–Trinajstić information content (AvgIpc) is 2.72. The van der Waals surface area contributed by atoms with Gasteiger partial charge in [0.15, 0.2) is 0 Å². The first kappa shape index (κ1) is 15.0. The number of hydrogen-bond donors (Lipinski definition) is 1. The maximum absolute atomic E-state index is 11.9. The van der Waals surface area contributed by atoms with Crippen molar-refractivity contribution in [3.63, 3.8) is 0 Å². The van der Waals surface area contributed by atoms with Crippen LogP contribution in [0.5, 0.6) is 5.75 Å². The molecule has 1 atom stereocenters. The summed E-state index contributed by atoms with van der Waals surface area (Å²) in [5.41, 5.74) is 5.90. The van der Waals surface area contributed by atoms with Crippen molar-refractivity contribution in [2.24, 2.45) is 0 Å². The third-order valence-electron chi connectivity index (χ3n) is 4.70. The number of rotatable bonds is 1. The van der Waals surface area contributed by atoms with E-state index in [1.807, 2.05) is 19.1 Å². The summed E-state index contributed by atoms with van der Waals surface area (Å²) in [7, 11) is 0. The Labute approximate surface area is 142 Å². The monoisotopic (exact) mass is 319 g/mol. The van der Waals surface area contributed by atoms with E-state index >= 15 is 0 Å². The Kier molecular flexibility index (Phi) is 3.85. The zero-order valence-electron chi connectivity index (χ0n) is 13.8. The normalized spacial score (nSPS) is 21.3. The Morgan fingerprint density at radius 1 is 1.12 bits per heavy atom. The second-order valence-electron chi connectivity index (χ2n) is 6.58. The van der Waals surface area contributed by atoms with Gasteiger partial charge >= 0.3 is 0 Å². The van der Waals surface area contributed by atoms with Gasteiger partial charge in [-0.1, -0.05) is 36.4 Å². The van der Waals surface area contributed by atoms with Crippen LogP contribution in [0.3, 0.4) is 0 Å². The summed E-state index contributed by atoms with van der Waals surface area (Å²) in [5, 5.41) is 2.96. The fourth-order valence-electron chi connectivity index (χ4n) is 3.60. The fourth-order valence-corrected chi connectivity index (χ4v) is 3.60. The average molecular weight is 319 g/mol. The molecule has 0 saturated carbocycles. The summed E-state index contributed by atoms with van der Waals surface area (Å²) >= 11 is 0. The van der Waals surface area contributed by atoms with Gasteiger partial charge in [0.1, 0.15) is 11.9 Å². The lowest BCUT2D eigenvalue weighted by Gasteiger charge is -2.20. The van der Waals surface area contributed by atoms with E-state index in [0.717, 1.165) is 29.8 Å². The molecule has 1 aliphatic carbocycles. The van der Waals surface area contributed by atoms with Crippen molar-refractivity contribution in [1.82, 2.24) is 0 Å². The second-order valence-corrected chi connectivity index (χ2v) is 6.58. The molecule has 2 aromatic carbocycles. The van der Waals surface area contributed by atoms with Crippen LogP contribution >= 0.6 is 0 Å². The van der Waals surface area contributed by atoms with Crippen LogP contribution in [0.2, 0.25) is 0 Å². The number of aryl methyl sites for hydroxylation is 1. The predicted octanol–water partition coefficient (Wildman–Crippen LogP) is 4.67. The number of anilines is 1. The highest BCUT2D eigenvalue weighted by Crippen LogP contribution is 2.38. The van der Waals surface area contributed by atoms with Crippen molar-refractivity contribution < 1.29 is 9.53 Å². The van der Waals surface area contributed by atoms with E-state index in [9.17, 15) is 4.79 Å². The first-order chi connectivity index (χ1) is 11.7. The number of benzene rings is 2. The van der Waals surface area contributed by atoms with Crippen LogP contribution < -0.4 is 10.1 Å². The summed E-state index contributed by atoms with van der Waals surface area (Å²) in [5.74, 6) is 0.792. The van der Waals surface area contributed by atoms with Crippen LogP contribution in [0.15, 0.2) is 42.5 Å². The van der Waals surface area contributed by atoms with Gasteiger partial charge in [-0.15, -0.1) is 0 Å². The van der Waals surface area contributed by atoms with Crippen molar-refractivity contribution in [2.45, 2.75) is 38.7 Å². The number of amides is 1. The Bertz CT molecular complexity index is 822. The molecule has 3 heteroatoms. The highest BCUT2D eigenvalue weighted by molar-refractivity contribution is 5.95. The van der Waals surface area contributed by atoms with Crippen LogP contribution in [0.4, 0.5) is 5.69 Å². The Morgan fingerprint density at radius 2 is 2.00 bits per heavy atom. The first-order valence-electron chi connectivity index (χ1n) is 8.59. The molecule has 1 N–H and O–H groups in total. The molecule has 0 spiro atoms. The molecule has 1 amide bonds. The molecule has 0 radical (unpaired) electrons. The third kappa shape index (κ3) is 2.82. The maximum Gasteiger partial charge on any atom is 0.228 e. The molecule has 0 aromatic heterocycles. The lowest BCUT2D eigenvalue weighted by molar-refractivity contribution is -0.117. The number of carbonyl (C=O) groups excluding carboxylic acids is 1. The number of para-hydroxylation sites is 1. The van der Waals surface area contributed by atoms with E-state index in [2.05, 4.69) is 41.7 Å². The largest absolute Gasteiger partial charge is 0.487 e. The molecule has 0 bridgehead atoms. The molecule has 2 aliphatic rings. The Balaban J connectivity index is 1.79. The molecule has 2 aromatic rings. The van der Waals surface area contributed by atoms with Crippen molar-refractivity contribution in [1.29, 1.82) is 0 Å². The summed E-state index contributed by atoms with van der Waals surface area (Å²) in [6.07, 6.45) is 5.87. The number of fused-ring (bicyclic) bond motifs is 2. The first-order valence-corrected chi connectivity index (χ1v) is 8.59. The van der Waals surface area contributed by atoms with Crippen molar-refractivity contribution >= 4 is 23.2 Å². The molecule has 0 fully saturated rings. The molecule has 122 valence electrons. The van der Waals surface area contributed by atoms with Crippen LogP contribution in [0.25, 0.3) is 11.6 Å². The summed E-state index contributed by atoms with van der Waals surface area (Å²) < 4.78 is 6.06. The molecule has 1 aliphatic heterocycles. The van der Waals surface area contributed by atoms with Gasteiger partial charge in [0.25, 0.3) is 0 Å². The number of hydrogen-bond acceptors (Lipinski definition) is 2. The minimum Gasteiger partial charge on any atom is -0.487 e. The van der Waals surface area contributed by atoms with Crippen molar-refractivity contribution in [3.05, 3.63) is 59.2 Å². The smallest absolute Gasteiger partial charge is 0.228 e. The molecule has 4 rings (SSSR count). The van der Waals surface area contributed by atoms with Crippen molar-refractivity contribution in [2.75, 3.05) is 5.32 Å². The SMILES string of the molecule is C[C@@H]1CC(=O)Nc2cccc(/C=C3\CCCc4ccccc43)c2O1. The van der Waals surface area contributed by atoms with Gasteiger partial charge in [-0.25, -0.2) is 0 Å². The lowest BCUT2D eigenvalue weighted by Crippen LogP contribution is -2.17. The molecule has 3 nitrogen and oxygen atoms in total. The Hall–Kier alpha value is -2.55. The number of ether oxygens (including phenoxy) is 1. The van der Waals surface area contributed by atoms with Crippen LogP contribution in [-0.4, -0.2) is 12.0 Å². The highest BCUT2D eigenvalue weighted by atomic mass is 16.5. The lowest BCUT2D eigenvalue weighted by atomic mass is 9.86. The molecular weight excluding hydrogens is 298 g/mol. The molecule has 0 saturated heterocycles. The highest BCUT2D eigenvalue weighted by Gasteiger charge is 2.22. The molecule has 0 unspecified atom stereocenters. The van der Waals surface area contributed by atoms with Crippen molar-refractivity contribution in [3.8, 4) is 5.75 Å². The minimum atomic E-state index is -0.121. The van der Waals surface area contributed by atoms with Gasteiger partial charge in [0, 0.05) is 5.56 Å². The third-order valence-corrected chi connectivity index (χ3v) is 4.70. The standard InChI is InChI=1S/C21H21NO2/c1-14-12-20(23)22-19-11-5-9-17(21(19)24-14)13-16-8-4-7-15-6-2-3-10-18(15)16/h2-3,5-6,9-11,13-14H,4,7-8,12H2,1H3,(H,22,23)/b16-13+/t14-/m1/s1. The summed E-state index contributed by atoms with van der Waals surface area (Å²) in [4.78, 5) is 11.9. The van der Waals surface area contributed by atoms with E-state index in [1.54, 1.807) is 0 Å². The van der Waals surface area contributed by atoms with E-state index < -0.39 is 0 Å². The zero-order chi connectivity index (χ0) is 16.5. The fraction of sp³-hybridized carbons (Fsp3) is 0.286. The molecule has 1 heterocycles. The zero-order valence-corrected chi connectivity index (χ0v) is 13.8. The maximum atomic E-state index is 11.9. The van der Waals surface area contributed by atoms with E-state index in [0.29, 0.717) is 6.42 Å². The van der Waals surface area contributed by atoms with E-state index in [-0.39, 0.29) is 12.0 Å². The van der Waals surface area contributed by atoms with Crippen LogP contribution in [-0.2, 0) is 11.2 Å². The second kappa shape index (κ2) is 6.16. The minimum absolute atomic E-state index is 0.00839. The topological polar surface area (TPSA) is 38.3 Å². The number of allylic oxidation sites excluding steroid dienone is 1.